The third-order valence-corrected chi connectivity index (χ3v) is 3.36. The fourth-order valence-corrected chi connectivity index (χ4v) is 2.45. The lowest BCUT2D eigenvalue weighted by Crippen LogP contribution is -2.33. The minimum Gasteiger partial charge on any atom is -0.370 e. The smallest absolute Gasteiger partial charge is 0.248 e. The molecule has 0 aromatic rings. The Morgan fingerprint density at radius 2 is 2.20 bits per heavy atom. The minimum atomic E-state index is 0.0637. The van der Waals surface area contributed by atoms with Crippen LogP contribution in [-0.4, -0.2) is 36.6 Å². The molecule has 3 atom stereocenters. The molecule has 1 heterocycles. The molecule has 1 saturated heterocycles. The second-order valence-corrected chi connectivity index (χ2v) is 4.86. The molecule has 2 rings (SSSR count). The van der Waals surface area contributed by atoms with Crippen molar-refractivity contribution in [3.05, 3.63) is 12.2 Å². The summed E-state index contributed by atoms with van der Waals surface area (Å²) in [7, 11) is 1.86. The van der Waals surface area contributed by atoms with Crippen LogP contribution in [0.1, 0.15) is 26.2 Å². The molecule has 1 aliphatic carbocycles. The molecule has 1 saturated carbocycles. The predicted octanol–water partition coefficient (Wildman–Crippen LogP) is 1.59. The monoisotopic (exact) mass is 209 g/mol. The second kappa shape index (κ2) is 3.97. The molecular formula is C12H19NO2. The van der Waals surface area contributed by atoms with E-state index in [1.54, 1.807) is 11.8 Å². The van der Waals surface area contributed by atoms with Crippen LogP contribution in [0.2, 0.25) is 0 Å². The van der Waals surface area contributed by atoms with Crippen LogP contribution in [0.15, 0.2) is 12.2 Å². The first kappa shape index (κ1) is 10.7. The van der Waals surface area contributed by atoms with Crippen molar-refractivity contribution < 1.29 is 9.53 Å². The summed E-state index contributed by atoms with van der Waals surface area (Å²) in [5, 5.41) is 0. The van der Waals surface area contributed by atoms with Crippen LogP contribution in [-0.2, 0) is 9.53 Å². The van der Waals surface area contributed by atoms with E-state index in [9.17, 15) is 4.79 Å². The van der Waals surface area contributed by atoms with Gasteiger partial charge in [0.2, 0.25) is 5.91 Å². The van der Waals surface area contributed by atoms with Gasteiger partial charge in [-0.2, -0.15) is 0 Å². The van der Waals surface area contributed by atoms with Gasteiger partial charge < -0.3 is 9.64 Å². The minimum absolute atomic E-state index is 0.0637. The number of nitrogens with zero attached hydrogens (tertiary/aromatic N) is 1. The first-order valence-corrected chi connectivity index (χ1v) is 5.64. The zero-order valence-corrected chi connectivity index (χ0v) is 9.53. The molecule has 2 aliphatic rings. The number of ether oxygens (including phenoxy) is 1. The van der Waals surface area contributed by atoms with Gasteiger partial charge in [-0.25, -0.2) is 0 Å². The number of fused-ring (bicyclic) bond motifs is 1. The fourth-order valence-electron chi connectivity index (χ4n) is 2.45. The van der Waals surface area contributed by atoms with Crippen LogP contribution < -0.4 is 0 Å². The average molecular weight is 209 g/mol. The number of carbonyl (C=O) groups excluding carboxylic acids is 1. The average Bonchev–Trinajstić information content (AvgIpc) is 2.94. The van der Waals surface area contributed by atoms with Crippen molar-refractivity contribution in [3.8, 4) is 0 Å². The summed E-state index contributed by atoms with van der Waals surface area (Å²) < 4.78 is 5.48. The zero-order valence-electron chi connectivity index (χ0n) is 9.53. The summed E-state index contributed by atoms with van der Waals surface area (Å²) in [5.74, 6) is 0.677. The molecule has 2 fully saturated rings. The van der Waals surface area contributed by atoms with E-state index in [2.05, 4.69) is 6.58 Å². The van der Waals surface area contributed by atoms with E-state index in [1.165, 1.54) is 12.8 Å². The van der Waals surface area contributed by atoms with Gasteiger partial charge in [-0.3, -0.25) is 4.79 Å². The molecule has 0 N–H and O–H groups in total. The Labute approximate surface area is 91.1 Å². The summed E-state index contributed by atoms with van der Waals surface area (Å²) in [6, 6.07) is 0. The highest BCUT2D eigenvalue weighted by Crippen LogP contribution is 2.39. The van der Waals surface area contributed by atoms with E-state index >= 15 is 0 Å². The highest BCUT2D eigenvalue weighted by Gasteiger charge is 2.43. The third kappa shape index (κ3) is 2.40. The molecule has 0 spiro atoms. The Hall–Kier alpha value is -0.830. The Kier molecular flexibility index (Phi) is 2.83. The number of hydrogen-bond acceptors (Lipinski definition) is 2. The molecular weight excluding hydrogens is 190 g/mol. The normalized spacial score (nSPS) is 33.1. The van der Waals surface area contributed by atoms with E-state index in [0.29, 0.717) is 23.7 Å². The van der Waals surface area contributed by atoms with Gasteiger partial charge in [0.05, 0.1) is 12.2 Å². The first-order valence-electron chi connectivity index (χ1n) is 5.64. The largest absolute Gasteiger partial charge is 0.370 e. The number of hydrogen-bond donors (Lipinski definition) is 0. The molecule has 0 bridgehead atoms. The van der Waals surface area contributed by atoms with Gasteiger partial charge in [0.25, 0.3) is 0 Å². The Morgan fingerprint density at radius 1 is 1.47 bits per heavy atom. The van der Waals surface area contributed by atoms with Gasteiger partial charge in [0, 0.05) is 19.2 Å². The van der Waals surface area contributed by atoms with Gasteiger partial charge in [-0.15, -0.1) is 0 Å². The first-order chi connectivity index (χ1) is 7.08. The third-order valence-electron chi connectivity index (χ3n) is 3.36. The quantitative estimate of drug-likeness (QED) is 0.522. The Balaban J connectivity index is 1.80. The molecule has 15 heavy (non-hydrogen) atoms. The summed E-state index contributed by atoms with van der Waals surface area (Å²) in [5.41, 5.74) is 0.619. The Bertz CT molecular complexity index is 287. The van der Waals surface area contributed by atoms with Crippen molar-refractivity contribution in [3.63, 3.8) is 0 Å². The SMILES string of the molecule is C=C(C)C(=O)N(C)CC1CCC2OC2C1. The van der Waals surface area contributed by atoms with E-state index in [4.69, 9.17) is 4.74 Å². The van der Waals surface area contributed by atoms with Crippen LogP contribution in [0.5, 0.6) is 0 Å². The van der Waals surface area contributed by atoms with E-state index < -0.39 is 0 Å². The van der Waals surface area contributed by atoms with Gasteiger partial charge in [-0.1, -0.05) is 6.58 Å². The standard InChI is InChI=1S/C12H19NO2/c1-8(2)12(14)13(3)7-9-4-5-10-11(6-9)15-10/h9-11H,1,4-7H2,2-3H3. The van der Waals surface area contributed by atoms with Crippen LogP contribution in [0.25, 0.3) is 0 Å². The zero-order chi connectivity index (χ0) is 11.0. The maximum Gasteiger partial charge on any atom is 0.248 e. The molecule has 0 radical (unpaired) electrons. The summed E-state index contributed by atoms with van der Waals surface area (Å²) in [6.07, 6.45) is 4.53. The van der Waals surface area contributed by atoms with Crippen molar-refractivity contribution in [2.24, 2.45) is 5.92 Å². The van der Waals surface area contributed by atoms with Crippen LogP contribution >= 0.6 is 0 Å². The van der Waals surface area contributed by atoms with Gasteiger partial charge in [0.1, 0.15) is 0 Å². The molecule has 1 aliphatic heterocycles. The van der Waals surface area contributed by atoms with Crippen molar-refractivity contribution >= 4 is 5.91 Å². The summed E-state index contributed by atoms with van der Waals surface area (Å²) in [6.45, 7) is 6.29. The number of rotatable bonds is 3. The lowest BCUT2D eigenvalue weighted by Gasteiger charge is -2.25. The Morgan fingerprint density at radius 3 is 2.80 bits per heavy atom. The maximum absolute atomic E-state index is 11.6. The van der Waals surface area contributed by atoms with Gasteiger partial charge in [0.15, 0.2) is 0 Å². The number of epoxide rings is 1. The highest BCUT2D eigenvalue weighted by molar-refractivity contribution is 5.91. The molecule has 0 aromatic heterocycles. The van der Waals surface area contributed by atoms with Crippen LogP contribution in [0.4, 0.5) is 0 Å². The van der Waals surface area contributed by atoms with Gasteiger partial charge in [-0.05, 0) is 32.1 Å². The van der Waals surface area contributed by atoms with Gasteiger partial charge >= 0.3 is 0 Å². The summed E-state index contributed by atoms with van der Waals surface area (Å²) >= 11 is 0. The van der Waals surface area contributed by atoms with E-state index in [1.807, 2.05) is 7.05 Å². The maximum atomic E-state index is 11.6. The molecule has 3 heteroatoms. The summed E-state index contributed by atoms with van der Waals surface area (Å²) in [4.78, 5) is 13.4. The number of carbonyl (C=O) groups is 1. The second-order valence-electron chi connectivity index (χ2n) is 4.86. The van der Waals surface area contributed by atoms with E-state index in [-0.39, 0.29) is 5.91 Å². The van der Waals surface area contributed by atoms with E-state index in [0.717, 1.165) is 13.0 Å². The van der Waals surface area contributed by atoms with Crippen LogP contribution in [0.3, 0.4) is 0 Å². The lowest BCUT2D eigenvalue weighted by atomic mass is 9.89. The predicted molar refractivity (Wildman–Crippen MR) is 58.5 cm³/mol. The van der Waals surface area contributed by atoms with Crippen molar-refractivity contribution in [1.82, 2.24) is 4.90 Å². The molecule has 0 aromatic carbocycles. The lowest BCUT2D eigenvalue weighted by molar-refractivity contribution is -0.126. The fraction of sp³-hybridized carbons (Fsp3) is 0.750. The van der Waals surface area contributed by atoms with Crippen molar-refractivity contribution in [1.29, 1.82) is 0 Å². The molecule has 3 unspecified atom stereocenters. The molecule has 1 amide bonds. The number of amides is 1. The van der Waals surface area contributed by atoms with Crippen LogP contribution in [0, 0.1) is 5.92 Å². The van der Waals surface area contributed by atoms with Crippen molar-refractivity contribution in [2.45, 2.75) is 38.4 Å². The topological polar surface area (TPSA) is 32.8 Å². The number of likely N-dealkylation sites (N-methyl/N-ethyl adjacent to an activating group) is 1. The molecule has 84 valence electrons. The molecule has 3 nitrogen and oxygen atoms in total. The highest BCUT2D eigenvalue weighted by atomic mass is 16.6. The van der Waals surface area contributed by atoms with Crippen molar-refractivity contribution in [2.75, 3.05) is 13.6 Å².